The van der Waals surface area contributed by atoms with Crippen LogP contribution in [-0.2, 0) is 9.53 Å². The van der Waals surface area contributed by atoms with Gasteiger partial charge in [-0.1, -0.05) is 13.5 Å². The lowest BCUT2D eigenvalue weighted by Gasteiger charge is -1.99. The van der Waals surface area contributed by atoms with Gasteiger partial charge < -0.3 is 4.74 Å². The van der Waals surface area contributed by atoms with Gasteiger partial charge in [-0.3, -0.25) is 0 Å². The summed E-state index contributed by atoms with van der Waals surface area (Å²) >= 11 is 0. The van der Waals surface area contributed by atoms with Crippen LogP contribution in [0.2, 0.25) is 0 Å². The normalized spacial score (nSPS) is 8.67. The molecule has 0 aromatic heterocycles. The summed E-state index contributed by atoms with van der Waals surface area (Å²) in [5.41, 5.74) is 0.442. The molecule has 0 bridgehead atoms. The van der Waals surface area contributed by atoms with E-state index in [0.29, 0.717) is 12.2 Å². The molecule has 2 heteroatoms. The molecule has 51 valence electrons. The minimum Gasteiger partial charge on any atom is -0.462 e. The topological polar surface area (TPSA) is 26.3 Å². The molecular weight excluding hydrogens is 116 g/mol. The van der Waals surface area contributed by atoms with Gasteiger partial charge in [-0.25, -0.2) is 4.79 Å². The highest BCUT2D eigenvalue weighted by Crippen LogP contribution is 1.91. The summed E-state index contributed by atoms with van der Waals surface area (Å²) in [5, 5.41) is 0. The zero-order valence-corrected chi connectivity index (χ0v) is 5.81. The molecule has 0 spiro atoms. The molecular formula is C7H11O2. The maximum atomic E-state index is 10.6. The summed E-state index contributed by atoms with van der Waals surface area (Å²) in [6.45, 7) is 7.23. The molecule has 0 heterocycles. The van der Waals surface area contributed by atoms with Crippen molar-refractivity contribution in [3.05, 3.63) is 18.6 Å². The highest BCUT2D eigenvalue weighted by molar-refractivity contribution is 5.86. The van der Waals surface area contributed by atoms with E-state index in [1.807, 2.05) is 6.92 Å². The monoisotopic (exact) mass is 127 g/mol. The average molecular weight is 127 g/mol. The molecule has 0 N–H and O–H groups in total. The SMILES string of the molecule is C=C(C)C(=O)OC[CH]C. The first kappa shape index (κ1) is 8.21. The number of carbonyl (C=O) groups excluding carboxylic acids is 1. The Labute approximate surface area is 55.5 Å². The van der Waals surface area contributed by atoms with Gasteiger partial charge in [0.25, 0.3) is 0 Å². The molecule has 9 heavy (non-hydrogen) atoms. The van der Waals surface area contributed by atoms with Gasteiger partial charge in [0.2, 0.25) is 0 Å². The zero-order valence-electron chi connectivity index (χ0n) is 5.81. The van der Waals surface area contributed by atoms with Crippen LogP contribution in [0.4, 0.5) is 0 Å². The van der Waals surface area contributed by atoms with Crippen molar-refractivity contribution in [2.24, 2.45) is 0 Å². The van der Waals surface area contributed by atoms with E-state index >= 15 is 0 Å². The number of hydrogen-bond acceptors (Lipinski definition) is 2. The summed E-state index contributed by atoms with van der Waals surface area (Å²) in [4.78, 5) is 10.6. The van der Waals surface area contributed by atoms with Gasteiger partial charge >= 0.3 is 5.97 Å². The largest absolute Gasteiger partial charge is 0.462 e. The van der Waals surface area contributed by atoms with Crippen molar-refractivity contribution >= 4 is 5.97 Å². The van der Waals surface area contributed by atoms with Crippen molar-refractivity contribution in [1.82, 2.24) is 0 Å². The molecule has 0 aromatic rings. The van der Waals surface area contributed by atoms with Crippen LogP contribution in [0.3, 0.4) is 0 Å². The fourth-order valence-corrected chi connectivity index (χ4v) is 0.282. The third-order valence-electron chi connectivity index (χ3n) is 0.730. The van der Waals surface area contributed by atoms with E-state index in [1.165, 1.54) is 0 Å². The third kappa shape index (κ3) is 3.76. The Morgan fingerprint density at radius 2 is 2.33 bits per heavy atom. The smallest absolute Gasteiger partial charge is 0.333 e. The summed E-state index contributed by atoms with van der Waals surface area (Å²) < 4.78 is 4.66. The van der Waals surface area contributed by atoms with Gasteiger partial charge in [0, 0.05) is 5.57 Å². The van der Waals surface area contributed by atoms with Gasteiger partial charge in [-0.05, 0) is 13.3 Å². The minimum atomic E-state index is -0.326. The van der Waals surface area contributed by atoms with Crippen molar-refractivity contribution in [2.75, 3.05) is 6.61 Å². The summed E-state index contributed by atoms with van der Waals surface area (Å²) in [6.07, 6.45) is 1.76. The molecule has 0 unspecified atom stereocenters. The van der Waals surface area contributed by atoms with Crippen molar-refractivity contribution in [1.29, 1.82) is 0 Å². The zero-order chi connectivity index (χ0) is 7.28. The Hall–Kier alpha value is -0.790. The second kappa shape index (κ2) is 4.13. The third-order valence-corrected chi connectivity index (χ3v) is 0.730. The fourth-order valence-electron chi connectivity index (χ4n) is 0.282. The molecule has 2 nitrogen and oxygen atoms in total. The van der Waals surface area contributed by atoms with E-state index < -0.39 is 0 Å². The first-order valence-electron chi connectivity index (χ1n) is 2.79. The fraction of sp³-hybridized carbons (Fsp3) is 0.429. The van der Waals surface area contributed by atoms with E-state index in [1.54, 1.807) is 13.3 Å². The lowest BCUT2D eigenvalue weighted by molar-refractivity contribution is -0.138. The maximum absolute atomic E-state index is 10.6. The van der Waals surface area contributed by atoms with Crippen molar-refractivity contribution in [3.63, 3.8) is 0 Å². The van der Waals surface area contributed by atoms with Gasteiger partial charge in [0.05, 0.1) is 6.61 Å². The molecule has 0 aliphatic carbocycles. The van der Waals surface area contributed by atoms with Crippen LogP contribution in [0.25, 0.3) is 0 Å². The van der Waals surface area contributed by atoms with E-state index in [4.69, 9.17) is 0 Å². The van der Waals surface area contributed by atoms with Gasteiger partial charge in [0.1, 0.15) is 0 Å². The standard InChI is InChI=1S/C7H11O2/c1-4-5-9-7(8)6(2)3/h4H,2,5H2,1,3H3. The first-order valence-corrected chi connectivity index (χ1v) is 2.79. The Kier molecular flexibility index (Phi) is 3.76. The van der Waals surface area contributed by atoms with E-state index in [2.05, 4.69) is 11.3 Å². The summed E-state index contributed by atoms with van der Waals surface area (Å²) in [6, 6.07) is 0. The molecule has 0 atom stereocenters. The number of carbonyl (C=O) groups is 1. The van der Waals surface area contributed by atoms with E-state index in [0.717, 1.165) is 0 Å². The van der Waals surface area contributed by atoms with Crippen LogP contribution in [0.15, 0.2) is 12.2 Å². The van der Waals surface area contributed by atoms with Crippen LogP contribution in [-0.4, -0.2) is 12.6 Å². The number of esters is 1. The predicted octanol–water partition coefficient (Wildman–Crippen LogP) is 1.33. The number of rotatable bonds is 3. The van der Waals surface area contributed by atoms with Crippen LogP contribution >= 0.6 is 0 Å². The van der Waals surface area contributed by atoms with Gasteiger partial charge in [-0.2, -0.15) is 0 Å². The molecule has 1 radical (unpaired) electrons. The number of ether oxygens (including phenoxy) is 1. The Balaban J connectivity index is 3.39. The summed E-state index contributed by atoms with van der Waals surface area (Å²) in [5.74, 6) is -0.326. The van der Waals surface area contributed by atoms with Crippen molar-refractivity contribution < 1.29 is 9.53 Å². The molecule has 0 aromatic carbocycles. The molecule has 0 saturated carbocycles. The molecule has 0 amide bonds. The Morgan fingerprint density at radius 1 is 1.78 bits per heavy atom. The van der Waals surface area contributed by atoms with Crippen LogP contribution < -0.4 is 0 Å². The summed E-state index contributed by atoms with van der Waals surface area (Å²) in [7, 11) is 0. The Bertz CT molecular complexity index is 116. The van der Waals surface area contributed by atoms with Gasteiger partial charge in [0.15, 0.2) is 0 Å². The van der Waals surface area contributed by atoms with Crippen LogP contribution in [0.5, 0.6) is 0 Å². The molecule has 0 saturated heterocycles. The van der Waals surface area contributed by atoms with Crippen LogP contribution in [0, 0.1) is 6.42 Å². The Morgan fingerprint density at radius 3 is 2.67 bits per heavy atom. The highest BCUT2D eigenvalue weighted by Gasteiger charge is 1.99. The second-order valence-corrected chi connectivity index (χ2v) is 1.79. The lowest BCUT2D eigenvalue weighted by atomic mass is 10.4. The molecule has 0 rings (SSSR count). The van der Waals surface area contributed by atoms with Gasteiger partial charge in [-0.15, -0.1) is 0 Å². The molecule has 0 fully saturated rings. The first-order chi connectivity index (χ1) is 4.18. The predicted molar refractivity (Wildman–Crippen MR) is 35.7 cm³/mol. The highest BCUT2D eigenvalue weighted by atomic mass is 16.5. The van der Waals surface area contributed by atoms with E-state index in [9.17, 15) is 4.79 Å². The molecule has 0 aliphatic heterocycles. The lowest BCUT2D eigenvalue weighted by Crippen LogP contribution is -2.05. The number of hydrogen-bond donors (Lipinski definition) is 0. The van der Waals surface area contributed by atoms with Crippen LogP contribution in [0.1, 0.15) is 13.8 Å². The average Bonchev–Trinajstić information content (AvgIpc) is 1.82. The van der Waals surface area contributed by atoms with Crippen molar-refractivity contribution in [3.8, 4) is 0 Å². The second-order valence-electron chi connectivity index (χ2n) is 1.79. The minimum absolute atomic E-state index is 0.326. The van der Waals surface area contributed by atoms with E-state index in [-0.39, 0.29) is 5.97 Å². The maximum Gasteiger partial charge on any atom is 0.333 e. The molecule has 0 aliphatic rings. The quantitative estimate of drug-likeness (QED) is 0.422. The van der Waals surface area contributed by atoms with Crippen molar-refractivity contribution in [2.45, 2.75) is 13.8 Å².